The van der Waals surface area contributed by atoms with Crippen LogP contribution in [-0.4, -0.2) is 19.1 Å². The van der Waals surface area contributed by atoms with Gasteiger partial charge in [-0.1, -0.05) is 6.07 Å². The van der Waals surface area contributed by atoms with Crippen LogP contribution in [0.1, 0.15) is 18.5 Å². The molecule has 2 rings (SSSR count). The third-order valence-electron chi connectivity index (χ3n) is 2.95. The van der Waals surface area contributed by atoms with E-state index in [1.807, 2.05) is 0 Å². The molecule has 0 fully saturated rings. The number of ether oxygens (including phenoxy) is 1. The lowest BCUT2D eigenvalue weighted by molar-refractivity contribution is -0.136. The number of benzene rings is 1. The van der Waals surface area contributed by atoms with E-state index >= 15 is 0 Å². The summed E-state index contributed by atoms with van der Waals surface area (Å²) in [7, 11) is 1.18. The standard InChI is InChI=1S/C13H12F2N2O3/c1-6-10(12(18)20-2)11(17-13(19)16-6)8-4-3-7(14)5-9(8)15/h3-5,11H,1-2H3,(H2,16,17,19). The number of urea groups is 1. The molecule has 1 atom stereocenters. The van der Waals surface area contributed by atoms with Gasteiger partial charge < -0.3 is 15.4 Å². The molecule has 5 nitrogen and oxygen atoms in total. The molecule has 2 amide bonds. The van der Waals surface area contributed by atoms with Crippen LogP contribution in [0.3, 0.4) is 0 Å². The van der Waals surface area contributed by atoms with Crippen LogP contribution in [0.5, 0.6) is 0 Å². The summed E-state index contributed by atoms with van der Waals surface area (Å²) in [6, 6.07) is 1.31. The molecule has 1 heterocycles. The number of esters is 1. The summed E-state index contributed by atoms with van der Waals surface area (Å²) in [5, 5.41) is 4.82. The Morgan fingerprint density at radius 2 is 2.05 bits per heavy atom. The summed E-state index contributed by atoms with van der Waals surface area (Å²) in [4.78, 5) is 23.3. The first-order chi connectivity index (χ1) is 9.43. The number of hydrogen-bond acceptors (Lipinski definition) is 3. The largest absolute Gasteiger partial charge is 0.466 e. The smallest absolute Gasteiger partial charge is 0.337 e. The second-order valence-electron chi connectivity index (χ2n) is 4.23. The monoisotopic (exact) mass is 282 g/mol. The summed E-state index contributed by atoms with van der Waals surface area (Å²) >= 11 is 0. The Bertz CT molecular complexity index is 614. The predicted octanol–water partition coefficient (Wildman–Crippen LogP) is 1.77. The molecule has 0 spiro atoms. The van der Waals surface area contributed by atoms with Gasteiger partial charge in [0.05, 0.1) is 18.7 Å². The molecule has 20 heavy (non-hydrogen) atoms. The lowest BCUT2D eigenvalue weighted by atomic mass is 9.95. The first-order valence-corrected chi connectivity index (χ1v) is 5.75. The van der Waals surface area contributed by atoms with Crippen molar-refractivity contribution in [2.45, 2.75) is 13.0 Å². The number of carbonyl (C=O) groups excluding carboxylic acids is 2. The average molecular weight is 282 g/mol. The molecule has 0 saturated carbocycles. The van der Waals surface area contributed by atoms with E-state index < -0.39 is 29.7 Å². The number of allylic oxidation sites excluding steroid dienone is 1. The van der Waals surface area contributed by atoms with Gasteiger partial charge >= 0.3 is 12.0 Å². The summed E-state index contributed by atoms with van der Waals surface area (Å²) in [5.74, 6) is -2.30. The Morgan fingerprint density at radius 3 is 2.65 bits per heavy atom. The van der Waals surface area contributed by atoms with Crippen LogP contribution in [0.25, 0.3) is 0 Å². The van der Waals surface area contributed by atoms with E-state index in [2.05, 4.69) is 15.4 Å². The second-order valence-corrected chi connectivity index (χ2v) is 4.23. The quantitative estimate of drug-likeness (QED) is 0.812. The van der Waals surface area contributed by atoms with Crippen LogP contribution in [0.2, 0.25) is 0 Å². The molecule has 0 bridgehead atoms. The van der Waals surface area contributed by atoms with E-state index in [-0.39, 0.29) is 16.8 Å². The van der Waals surface area contributed by atoms with Crippen molar-refractivity contribution in [3.05, 3.63) is 46.7 Å². The van der Waals surface area contributed by atoms with Gasteiger partial charge in [-0.15, -0.1) is 0 Å². The summed E-state index contributed by atoms with van der Waals surface area (Å²) in [6.07, 6.45) is 0. The van der Waals surface area contributed by atoms with Crippen LogP contribution >= 0.6 is 0 Å². The minimum absolute atomic E-state index is 0.0130. The van der Waals surface area contributed by atoms with Crippen LogP contribution < -0.4 is 10.6 Å². The van der Waals surface area contributed by atoms with E-state index in [0.29, 0.717) is 6.07 Å². The third-order valence-corrected chi connectivity index (χ3v) is 2.95. The maximum atomic E-state index is 13.8. The van der Waals surface area contributed by atoms with Crippen LogP contribution in [-0.2, 0) is 9.53 Å². The van der Waals surface area contributed by atoms with Gasteiger partial charge in [-0.3, -0.25) is 0 Å². The van der Waals surface area contributed by atoms with Crippen LogP contribution in [0.15, 0.2) is 29.5 Å². The molecule has 1 aromatic carbocycles. The SMILES string of the molecule is COC(=O)C1=C(C)NC(=O)NC1c1ccc(F)cc1F. The van der Waals surface area contributed by atoms with Crippen molar-refractivity contribution in [3.8, 4) is 0 Å². The van der Waals surface area contributed by atoms with E-state index in [0.717, 1.165) is 6.07 Å². The molecule has 0 radical (unpaired) electrons. The van der Waals surface area contributed by atoms with E-state index in [1.54, 1.807) is 0 Å². The molecule has 2 N–H and O–H groups in total. The minimum Gasteiger partial charge on any atom is -0.466 e. The van der Waals surface area contributed by atoms with Crippen molar-refractivity contribution in [3.63, 3.8) is 0 Å². The average Bonchev–Trinajstić information content (AvgIpc) is 2.37. The number of nitrogens with one attached hydrogen (secondary N) is 2. The number of halogens is 2. The van der Waals surface area contributed by atoms with Crippen molar-refractivity contribution < 1.29 is 23.1 Å². The Morgan fingerprint density at radius 1 is 1.35 bits per heavy atom. The Kier molecular flexibility index (Phi) is 3.69. The highest BCUT2D eigenvalue weighted by Crippen LogP contribution is 2.29. The number of carbonyl (C=O) groups is 2. The highest BCUT2D eigenvalue weighted by atomic mass is 19.1. The molecular formula is C13H12F2N2O3. The van der Waals surface area contributed by atoms with Crippen LogP contribution in [0.4, 0.5) is 13.6 Å². The first-order valence-electron chi connectivity index (χ1n) is 5.75. The van der Waals surface area contributed by atoms with Crippen molar-refractivity contribution in [1.82, 2.24) is 10.6 Å². The molecular weight excluding hydrogens is 270 g/mol. The fourth-order valence-corrected chi connectivity index (χ4v) is 2.04. The van der Waals surface area contributed by atoms with Crippen molar-refractivity contribution in [1.29, 1.82) is 0 Å². The lowest BCUT2D eigenvalue weighted by Gasteiger charge is -2.28. The number of methoxy groups -OCH3 is 1. The van der Waals surface area contributed by atoms with Crippen molar-refractivity contribution in [2.24, 2.45) is 0 Å². The van der Waals surface area contributed by atoms with E-state index in [1.165, 1.54) is 20.1 Å². The normalized spacial score (nSPS) is 18.4. The second kappa shape index (κ2) is 5.28. The first kappa shape index (κ1) is 14.0. The summed E-state index contributed by atoms with van der Waals surface area (Å²) in [6.45, 7) is 1.50. The number of hydrogen-bond donors (Lipinski definition) is 2. The predicted molar refractivity (Wildman–Crippen MR) is 65.5 cm³/mol. The highest BCUT2D eigenvalue weighted by Gasteiger charge is 2.33. The molecule has 1 unspecified atom stereocenters. The molecule has 1 aliphatic rings. The zero-order chi connectivity index (χ0) is 14.9. The molecule has 7 heteroatoms. The maximum absolute atomic E-state index is 13.8. The summed E-state index contributed by atoms with van der Waals surface area (Å²) < 4.78 is 31.4. The number of rotatable bonds is 2. The van der Waals surface area contributed by atoms with Gasteiger partial charge in [-0.2, -0.15) is 0 Å². The third kappa shape index (κ3) is 2.47. The molecule has 0 aliphatic carbocycles. The minimum atomic E-state index is -1.03. The van der Waals surface area contributed by atoms with Gasteiger partial charge in [-0.05, 0) is 13.0 Å². The van der Waals surface area contributed by atoms with Crippen LogP contribution in [0, 0.1) is 11.6 Å². The Balaban J connectivity index is 2.54. The van der Waals surface area contributed by atoms with Gasteiger partial charge in [0.2, 0.25) is 0 Å². The van der Waals surface area contributed by atoms with Crippen molar-refractivity contribution in [2.75, 3.05) is 7.11 Å². The number of amides is 2. The molecule has 106 valence electrons. The topological polar surface area (TPSA) is 67.4 Å². The van der Waals surface area contributed by atoms with Gasteiger partial charge in [0.25, 0.3) is 0 Å². The van der Waals surface area contributed by atoms with Gasteiger partial charge in [0.15, 0.2) is 0 Å². The fraction of sp³-hybridized carbons (Fsp3) is 0.231. The van der Waals surface area contributed by atoms with Gasteiger partial charge in [0.1, 0.15) is 11.6 Å². The molecule has 1 aliphatic heterocycles. The molecule has 0 saturated heterocycles. The molecule has 0 aromatic heterocycles. The van der Waals surface area contributed by atoms with Gasteiger partial charge in [0, 0.05) is 17.3 Å². The zero-order valence-corrected chi connectivity index (χ0v) is 10.8. The zero-order valence-electron chi connectivity index (χ0n) is 10.8. The maximum Gasteiger partial charge on any atom is 0.337 e. The fourth-order valence-electron chi connectivity index (χ4n) is 2.04. The molecule has 1 aromatic rings. The Labute approximate surface area is 113 Å². The van der Waals surface area contributed by atoms with E-state index in [9.17, 15) is 18.4 Å². The van der Waals surface area contributed by atoms with E-state index in [4.69, 9.17) is 0 Å². The van der Waals surface area contributed by atoms with Crippen molar-refractivity contribution >= 4 is 12.0 Å². The van der Waals surface area contributed by atoms with Gasteiger partial charge in [-0.25, -0.2) is 18.4 Å². The highest BCUT2D eigenvalue weighted by molar-refractivity contribution is 5.94. The Hall–Kier alpha value is -2.44. The lowest BCUT2D eigenvalue weighted by Crippen LogP contribution is -2.45. The summed E-state index contributed by atoms with van der Waals surface area (Å²) in [5.41, 5.74) is 0.313.